The summed E-state index contributed by atoms with van der Waals surface area (Å²) in [5.74, 6) is -3.23. The highest BCUT2D eigenvalue weighted by atomic mass is 32.2. The van der Waals surface area contributed by atoms with E-state index >= 15 is 0 Å². The second-order valence-corrected chi connectivity index (χ2v) is 12.2. The number of carboxylic acids is 1. The lowest BCUT2D eigenvalue weighted by Crippen LogP contribution is -2.58. The third-order valence-electron chi connectivity index (χ3n) is 7.91. The quantitative estimate of drug-likeness (QED) is 0.521. The van der Waals surface area contributed by atoms with Gasteiger partial charge in [0.05, 0.1) is 29.2 Å². The molecule has 2 unspecified atom stereocenters. The van der Waals surface area contributed by atoms with Crippen LogP contribution < -0.4 is 0 Å². The number of aliphatic carboxylic acids is 1. The van der Waals surface area contributed by atoms with E-state index in [-0.39, 0.29) is 24.3 Å². The van der Waals surface area contributed by atoms with Crippen molar-refractivity contribution in [1.29, 1.82) is 0 Å². The number of aliphatic hydroxyl groups excluding tert-OH is 1. The lowest BCUT2D eigenvalue weighted by atomic mass is 9.66. The number of likely N-dealkylation sites (tertiary alicyclic amines) is 1. The number of carbonyl (C=O) groups excluding carboxylic acids is 2. The van der Waals surface area contributed by atoms with E-state index in [2.05, 4.69) is 6.58 Å². The van der Waals surface area contributed by atoms with E-state index in [1.54, 1.807) is 15.9 Å². The molecule has 184 valence electrons. The number of amides is 2. The fourth-order valence-corrected chi connectivity index (χ4v) is 8.69. The van der Waals surface area contributed by atoms with E-state index < -0.39 is 39.4 Å². The van der Waals surface area contributed by atoms with Crippen LogP contribution in [0.3, 0.4) is 0 Å². The summed E-state index contributed by atoms with van der Waals surface area (Å²) >= 11 is 1.52. The van der Waals surface area contributed by atoms with Crippen LogP contribution in [0.15, 0.2) is 43.0 Å². The number of nitrogens with zero attached hydrogens (tertiary/aromatic N) is 2. The highest BCUT2D eigenvalue weighted by molar-refractivity contribution is 8.02. The third kappa shape index (κ3) is 3.66. The molecular weight excluding hydrogens is 452 g/mol. The van der Waals surface area contributed by atoms with Crippen molar-refractivity contribution in [2.75, 3.05) is 13.2 Å². The van der Waals surface area contributed by atoms with Crippen molar-refractivity contribution < 1.29 is 24.6 Å². The summed E-state index contributed by atoms with van der Waals surface area (Å²) in [6.07, 6.45) is 2.91. The van der Waals surface area contributed by atoms with Gasteiger partial charge in [0.1, 0.15) is 6.04 Å². The van der Waals surface area contributed by atoms with Crippen LogP contribution in [-0.4, -0.2) is 72.5 Å². The summed E-state index contributed by atoms with van der Waals surface area (Å²) in [6.45, 7) is 9.95. The molecule has 2 amide bonds. The van der Waals surface area contributed by atoms with E-state index in [1.807, 2.05) is 51.1 Å². The standard InChI is InChI=1S/C26H34N2O5S/c1-5-13-27(14-17-9-7-6-8-10-17)23(31)21-26-12-11-25(4,34-26)20(24(32)33)19(26)22(30)28(21)18(15-29)16(2)3/h5-10,16,18-21,29H,1,11-15H2,2-4H3,(H,32,33)/t18-,19-,20+,21?,25-,26?/m0/s1. The maximum atomic E-state index is 14.3. The minimum Gasteiger partial charge on any atom is -0.481 e. The minimum absolute atomic E-state index is 0.0949. The van der Waals surface area contributed by atoms with Crippen LogP contribution in [0, 0.1) is 17.8 Å². The average Bonchev–Trinajstić information content (AvgIpc) is 3.35. The van der Waals surface area contributed by atoms with Crippen LogP contribution in [0.2, 0.25) is 0 Å². The smallest absolute Gasteiger partial charge is 0.308 e. The van der Waals surface area contributed by atoms with E-state index in [9.17, 15) is 24.6 Å². The Bertz CT molecular complexity index is 985. The lowest BCUT2D eigenvalue weighted by Gasteiger charge is -2.40. The molecule has 2 bridgehead atoms. The Morgan fingerprint density at radius 1 is 1.29 bits per heavy atom. The van der Waals surface area contributed by atoms with Crippen molar-refractivity contribution in [2.45, 2.75) is 61.7 Å². The van der Waals surface area contributed by atoms with Gasteiger partial charge >= 0.3 is 5.97 Å². The van der Waals surface area contributed by atoms with Crippen LogP contribution in [0.1, 0.15) is 39.2 Å². The molecule has 7 nitrogen and oxygen atoms in total. The van der Waals surface area contributed by atoms with E-state index in [4.69, 9.17) is 0 Å². The highest BCUT2D eigenvalue weighted by Crippen LogP contribution is 2.71. The number of benzene rings is 1. The summed E-state index contributed by atoms with van der Waals surface area (Å²) in [5, 5.41) is 20.4. The molecule has 1 spiro atoms. The number of carbonyl (C=O) groups is 3. The summed E-state index contributed by atoms with van der Waals surface area (Å²) in [5.41, 5.74) is 0.962. The van der Waals surface area contributed by atoms with Gasteiger partial charge in [0.15, 0.2) is 0 Å². The monoisotopic (exact) mass is 486 g/mol. The first kappa shape index (κ1) is 24.8. The van der Waals surface area contributed by atoms with Crippen molar-refractivity contribution in [2.24, 2.45) is 17.8 Å². The van der Waals surface area contributed by atoms with Crippen molar-refractivity contribution >= 4 is 29.5 Å². The Balaban J connectivity index is 1.81. The molecule has 0 saturated carbocycles. The van der Waals surface area contributed by atoms with E-state index in [1.165, 1.54) is 11.8 Å². The van der Waals surface area contributed by atoms with Crippen molar-refractivity contribution in [1.82, 2.24) is 9.80 Å². The van der Waals surface area contributed by atoms with Crippen molar-refractivity contribution in [3.8, 4) is 0 Å². The van der Waals surface area contributed by atoms with Gasteiger partial charge in [0.25, 0.3) is 0 Å². The Hall–Kier alpha value is -2.32. The molecule has 2 N–H and O–H groups in total. The van der Waals surface area contributed by atoms with Crippen molar-refractivity contribution in [3.05, 3.63) is 48.6 Å². The van der Waals surface area contributed by atoms with Gasteiger partial charge in [-0.15, -0.1) is 18.3 Å². The number of thioether (sulfide) groups is 1. The second-order valence-electron chi connectivity index (χ2n) is 10.3. The summed E-state index contributed by atoms with van der Waals surface area (Å²) in [7, 11) is 0. The molecule has 4 rings (SSSR count). The molecule has 3 heterocycles. The summed E-state index contributed by atoms with van der Waals surface area (Å²) < 4.78 is -1.41. The van der Waals surface area contributed by atoms with Gasteiger partial charge in [-0.1, -0.05) is 50.3 Å². The molecular formula is C26H34N2O5S. The number of fused-ring (bicyclic) bond motifs is 1. The second kappa shape index (κ2) is 9.04. The van der Waals surface area contributed by atoms with Crippen LogP contribution in [0.4, 0.5) is 0 Å². The van der Waals surface area contributed by atoms with Gasteiger partial charge in [-0.05, 0) is 31.2 Å². The van der Waals surface area contributed by atoms with E-state index in [0.717, 1.165) is 5.56 Å². The zero-order valence-electron chi connectivity index (χ0n) is 20.0. The number of carboxylic acid groups (broad SMARTS) is 1. The van der Waals surface area contributed by atoms with Crippen LogP contribution in [0.5, 0.6) is 0 Å². The number of hydrogen-bond acceptors (Lipinski definition) is 5. The molecule has 8 heteroatoms. The Morgan fingerprint density at radius 2 is 1.97 bits per heavy atom. The van der Waals surface area contributed by atoms with Gasteiger partial charge in [-0.2, -0.15) is 0 Å². The molecule has 1 aromatic rings. The average molecular weight is 487 g/mol. The van der Waals surface area contributed by atoms with Gasteiger partial charge in [0.2, 0.25) is 11.8 Å². The Labute approximate surface area is 205 Å². The molecule has 0 radical (unpaired) electrons. The Kier molecular flexibility index (Phi) is 6.59. The first-order valence-corrected chi connectivity index (χ1v) is 12.7. The first-order valence-electron chi connectivity index (χ1n) is 11.9. The SMILES string of the molecule is C=CCN(Cc1ccccc1)C(=O)C1N([C@@H](CO)C(C)C)C(=O)[C@@H]2[C@H](C(=O)O)[C@]3(C)CCC12S3. The minimum atomic E-state index is -0.986. The molecule has 34 heavy (non-hydrogen) atoms. The molecule has 0 aliphatic carbocycles. The fraction of sp³-hybridized carbons (Fsp3) is 0.577. The summed E-state index contributed by atoms with van der Waals surface area (Å²) in [6, 6.07) is 8.25. The number of hydrogen-bond donors (Lipinski definition) is 2. The zero-order chi connectivity index (χ0) is 24.8. The van der Waals surface area contributed by atoms with E-state index in [0.29, 0.717) is 25.9 Å². The lowest BCUT2D eigenvalue weighted by molar-refractivity contribution is -0.151. The highest BCUT2D eigenvalue weighted by Gasteiger charge is 2.78. The van der Waals surface area contributed by atoms with Gasteiger partial charge in [-0.3, -0.25) is 14.4 Å². The van der Waals surface area contributed by atoms with Crippen LogP contribution in [0.25, 0.3) is 0 Å². The Morgan fingerprint density at radius 3 is 2.53 bits per heavy atom. The molecule has 3 saturated heterocycles. The molecule has 0 aromatic heterocycles. The predicted octanol–water partition coefficient (Wildman–Crippen LogP) is 2.78. The fourth-order valence-electron chi connectivity index (χ4n) is 6.36. The normalized spacial score (nSPS) is 32.7. The van der Waals surface area contributed by atoms with Gasteiger partial charge < -0.3 is 20.0 Å². The number of rotatable bonds is 9. The third-order valence-corrected chi connectivity index (χ3v) is 9.89. The first-order chi connectivity index (χ1) is 16.1. The molecule has 3 aliphatic rings. The maximum absolute atomic E-state index is 14.3. The zero-order valence-corrected chi connectivity index (χ0v) is 20.8. The predicted molar refractivity (Wildman–Crippen MR) is 131 cm³/mol. The van der Waals surface area contributed by atoms with Crippen LogP contribution >= 0.6 is 11.8 Å². The molecule has 3 fully saturated rings. The van der Waals surface area contributed by atoms with Crippen LogP contribution in [-0.2, 0) is 20.9 Å². The molecule has 1 aromatic carbocycles. The largest absolute Gasteiger partial charge is 0.481 e. The van der Waals surface area contributed by atoms with Gasteiger partial charge in [0, 0.05) is 17.8 Å². The van der Waals surface area contributed by atoms with Crippen molar-refractivity contribution in [3.63, 3.8) is 0 Å². The summed E-state index contributed by atoms with van der Waals surface area (Å²) in [4.78, 5) is 43.8. The maximum Gasteiger partial charge on any atom is 0.308 e. The van der Waals surface area contributed by atoms with Gasteiger partial charge in [-0.25, -0.2) is 0 Å². The molecule has 3 aliphatic heterocycles. The topological polar surface area (TPSA) is 98.2 Å². The molecule has 6 atom stereocenters. The number of aliphatic hydroxyl groups is 1.